The van der Waals surface area contributed by atoms with E-state index in [1.807, 2.05) is 12.1 Å². The molecule has 3 rings (SSSR count). The molecule has 0 radical (unpaired) electrons. The minimum absolute atomic E-state index is 0. The maximum Gasteiger partial charge on any atom is 0.0916 e. The van der Waals surface area contributed by atoms with Gasteiger partial charge in [-0.15, -0.1) is 0 Å². The summed E-state index contributed by atoms with van der Waals surface area (Å²) in [6, 6.07) is 19.3. The number of hydrogen-bond acceptors (Lipinski definition) is 1. The normalized spacial score (nSPS) is 18.4. The zero-order valence-electron chi connectivity index (χ0n) is 15.2. The number of piperazine rings is 1. The Balaban J connectivity index is 0.00000225. The van der Waals surface area contributed by atoms with Gasteiger partial charge in [0.1, 0.15) is 0 Å². The molecule has 0 aliphatic carbocycles. The van der Waals surface area contributed by atoms with E-state index in [1.165, 1.54) is 41.8 Å². The van der Waals surface area contributed by atoms with Gasteiger partial charge >= 0.3 is 0 Å². The first-order valence-electron chi connectivity index (χ1n) is 9.07. The smallest absolute Gasteiger partial charge is 0.0916 e. The summed E-state index contributed by atoms with van der Waals surface area (Å²) in [6.07, 6.45) is 0. The Hall–Kier alpha value is -0.620. The van der Waals surface area contributed by atoms with Crippen molar-refractivity contribution in [2.24, 2.45) is 0 Å². The van der Waals surface area contributed by atoms with Crippen molar-refractivity contribution in [3.8, 4) is 0 Å². The molecule has 0 aromatic heterocycles. The lowest BCUT2D eigenvalue weighted by atomic mass is 9.96. The van der Waals surface area contributed by atoms with Crippen molar-refractivity contribution in [2.45, 2.75) is 19.9 Å². The van der Waals surface area contributed by atoms with Gasteiger partial charge in [-0.25, -0.2) is 0 Å². The van der Waals surface area contributed by atoms with E-state index in [9.17, 15) is 0 Å². The van der Waals surface area contributed by atoms with E-state index < -0.39 is 0 Å². The molecule has 136 valence electrons. The second kappa shape index (κ2) is 9.36. The minimum Gasteiger partial charge on any atom is -1.00 e. The second-order valence-electron chi connectivity index (χ2n) is 6.79. The van der Waals surface area contributed by atoms with Crippen LogP contribution in [0.5, 0.6) is 0 Å². The fourth-order valence-corrected chi connectivity index (χ4v) is 4.18. The standard InChI is InChI=1S/C21H28ClN2.HI/c1-3-24(4-2)16-14-23(15-17-24)21(18-10-6-5-7-11-18)19-12-8-9-13-20(19)22;/h5-13,21H,3-4,14-17H2,1-2H3;1H/q+1;/p-1. The fourth-order valence-electron chi connectivity index (χ4n) is 3.94. The summed E-state index contributed by atoms with van der Waals surface area (Å²) in [7, 11) is 0. The molecule has 1 atom stereocenters. The van der Waals surface area contributed by atoms with E-state index in [0.717, 1.165) is 18.1 Å². The quantitative estimate of drug-likeness (QED) is 0.474. The van der Waals surface area contributed by atoms with Crippen LogP contribution in [0, 0.1) is 0 Å². The van der Waals surface area contributed by atoms with Crippen molar-refractivity contribution in [3.05, 3.63) is 70.7 Å². The van der Waals surface area contributed by atoms with Gasteiger partial charge in [0.25, 0.3) is 0 Å². The summed E-state index contributed by atoms with van der Waals surface area (Å²) in [6.45, 7) is 11.8. The number of rotatable bonds is 5. The molecular formula is C21H28ClIN2. The first kappa shape index (κ1) is 20.7. The maximum absolute atomic E-state index is 6.57. The van der Waals surface area contributed by atoms with Gasteiger partial charge in [0.2, 0.25) is 0 Å². The monoisotopic (exact) mass is 470 g/mol. The molecule has 1 fully saturated rings. The highest BCUT2D eigenvalue weighted by Gasteiger charge is 2.34. The van der Waals surface area contributed by atoms with Gasteiger partial charge in [0.05, 0.1) is 32.2 Å². The second-order valence-corrected chi connectivity index (χ2v) is 7.20. The highest BCUT2D eigenvalue weighted by Crippen LogP contribution is 2.34. The molecule has 1 saturated heterocycles. The van der Waals surface area contributed by atoms with Crippen molar-refractivity contribution in [1.82, 2.24) is 4.90 Å². The van der Waals surface area contributed by atoms with Crippen LogP contribution < -0.4 is 24.0 Å². The summed E-state index contributed by atoms with van der Waals surface area (Å²) in [5.74, 6) is 0. The Labute approximate surface area is 174 Å². The van der Waals surface area contributed by atoms with Crippen molar-refractivity contribution in [1.29, 1.82) is 0 Å². The summed E-state index contributed by atoms with van der Waals surface area (Å²) >= 11 is 6.57. The molecule has 0 amide bonds. The van der Waals surface area contributed by atoms with Crippen molar-refractivity contribution in [2.75, 3.05) is 39.3 Å². The summed E-state index contributed by atoms with van der Waals surface area (Å²) < 4.78 is 1.24. The number of benzene rings is 2. The number of halogens is 2. The van der Waals surface area contributed by atoms with Crippen molar-refractivity contribution >= 4 is 11.6 Å². The van der Waals surface area contributed by atoms with Crippen LogP contribution >= 0.6 is 11.6 Å². The molecule has 0 spiro atoms. The van der Waals surface area contributed by atoms with E-state index in [4.69, 9.17) is 11.6 Å². The molecule has 2 nitrogen and oxygen atoms in total. The fraction of sp³-hybridized carbons (Fsp3) is 0.429. The molecule has 1 aliphatic heterocycles. The molecule has 4 heteroatoms. The Kier molecular flexibility index (Phi) is 7.74. The molecule has 25 heavy (non-hydrogen) atoms. The molecule has 1 unspecified atom stereocenters. The largest absolute Gasteiger partial charge is 1.00 e. The van der Waals surface area contributed by atoms with Crippen molar-refractivity contribution < 1.29 is 28.5 Å². The lowest BCUT2D eigenvalue weighted by Gasteiger charge is -2.46. The highest BCUT2D eigenvalue weighted by atomic mass is 127. The van der Waals surface area contributed by atoms with Crippen LogP contribution in [0.1, 0.15) is 31.0 Å². The molecule has 0 saturated carbocycles. The van der Waals surface area contributed by atoms with Gasteiger partial charge in [-0.3, -0.25) is 4.90 Å². The van der Waals surface area contributed by atoms with E-state index in [2.05, 4.69) is 61.2 Å². The van der Waals surface area contributed by atoms with E-state index in [-0.39, 0.29) is 30.0 Å². The maximum atomic E-state index is 6.57. The average Bonchev–Trinajstić information content (AvgIpc) is 2.65. The topological polar surface area (TPSA) is 3.24 Å². The number of quaternary nitrogens is 1. The summed E-state index contributed by atoms with van der Waals surface area (Å²) in [5.41, 5.74) is 2.55. The van der Waals surface area contributed by atoms with Crippen LogP contribution in [0.4, 0.5) is 0 Å². The first-order chi connectivity index (χ1) is 11.7. The highest BCUT2D eigenvalue weighted by molar-refractivity contribution is 6.31. The van der Waals surface area contributed by atoms with Gasteiger partial charge in [0.15, 0.2) is 0 Å². The molecule has 2 aromatic carbocycles. The van der Waals surface area contributed by atoms with E-state index in [1.54, 1.807) is 0 Å². The summed E-state index contributed by atoms with van der Waals surface area (Å²) in [5, 5.41) is 0.865. The lowest BCUT2D eigenvalue weighted by Crippen LogP contribution is -3.00. The SMILES string of the molecule is CC[N+]1(CC)CCN(C(c2ccccc2)c2ccccc2Cl)CC1.[I-]. The third-order valence-electron chi connectivity index (χ3n) is 5.75. The number of likely N-dealkylation sites (N-methyl/N-ethyl adjacent to an activating group) is 1. The number of hydrogen-bond donors (Lipinski definition) is 0. The predicted molar refractivity (Wildman–Crippen MR) is 102 cm³/mol. The number of nitrogens with zero attached hydrogens (tertiary/aromatic N) is 2. The van der Waals surface area contributed by atoms with Gasteiger partial charge in [-0.05, 0) is 31.0 Å². The molecule has 2 aromatic rings. The van der Waals surface area contributed by atoms with Crippen LogP contribution in [0.2, 0.25) is 5.02 Å². The molecule has 0 bridgehead atoms. The van der Waals surface area contributed by atoms with Crippen LogP contribution in [0.15, 0.2) is 54.6 Å². The Morgan fingerprint density at radius 2 is 1.48 bits per heavy atom. The van der Waals surface area contributed by atoms with Gasteiger partial charge in [0, 0.05) is 18.1 Å². The van der Waals surface area contributed by atoms with Crippen LogP contribution in [0.3, 0.4) is 0 Å². The molecule has 1 aliphatic rings. The zero-order valence-corrected chi connectivity index (χ0v) is 18.1. The molecular weight excluding hydrogens is 443 g/mol. The third kappa shape index (κ3) is 4.57. The minimum atomic E-state index is 0. The van der Waals surface area contributed by atoms with E-state index >= 15 is 0 Å². The van der Waals surface area contributed by atoms with Gasteiger partial charge < -0.3 is 28.5 Å². The van der Waals surface area contributed by atoms with Crippen molar-refractivity contribution in [3.63, 3.8) is 0 Å². The van der Waals surface area contributed by atoms with Crippen LogP contribution in [-0.2, 0) is 0 Å². The zero-order chi connectivity index (χ0) is 17.0. The lowest BCUT2D eigenvalue weighted by molar-refractivity contribution is -0.929. The van der Waals surface area contributed by atoms with Crippen LogP contribution in [-0.4, -0.2) is 48.7 Å². The third-order valence-corrected chi connectivity index (χ3v) is 6.09. The Morgan fingerprint density at radius 1 is 0.920 bits per heavy atom. The van der Waals surface area contributed by atoms with E-state index in [0.29, 0.717) is 0 Å². The Morgan fingerprint density at radius 3 is 2.04 bits per heavy atom. The van der Waals surface area contributed by atoms with Gasteiger partial charge in [-0.2, -0.15) is 0 Å². The predicted octanol–water partition coefficient (Wildman–Crippen LogP) is 1.61. The average molecular weight is 471 g/mol. The molecule has 1 heterocycles. The first-order valence-corrected chi connectivity index (χ1v) is 9.45. The molecule has 0 N–H and O–H groups in total. The Bertz CT molecular complexity index is 648. The summed E-state index contributed by atoms with van der Waals surface area (Å²) in [4.78, 5) is 2.61. The van der Waals surface area contributed by atoms with Gasteiger partial charge in [-0.1, -0.05) is 60.1 Å². The van der Waals surface area contributed by atoms with Crippen LogP contribution in [0.25, 0.3) is 0 Å².